The van der Waals surface area contributed by atoms with Gasteiger partial charge in [-0.15, -0.1) is 0 Å². The maximum Gasteiger partial charge on any atom is 0.305 e. The van der Waals surface area contributed by atoms with Crippen LogP contribution in [0.3, 0.4) is 0 Å². The van der Waals surface area contributed by atoms with Crippen LogP contribution in [0.2, 0.25) is 0 Å². The second-order valence-electron chi connectivity index (χ2n) is 20.3. The topological polar surface area (TPSA) is 175 Å². The zero-order valence-corrected chi connectivity index (χ0v) is 46.3. The van der Waals surface area contributed by atoms with E-state index in [1.807, 2.05) is 6.08 Å². The second kappa shape index (κ2) is 51.2. The Kier molecular flexibility index (Phi) is 47.8. The maximum absolute atomic E-state index is 13.0. The van der Waals surface area contributed by atoms with Crippen molar-refractivity contribution in [2.45, 2.75) is 288 Å². The van der Waals surface area contributed by atoms with E-state index in [0.717, 1.165) is 103 Å². The van der Waals surface area contributed by atoms with Crippen molar-refractivity contribution in [2.24, 2.45) is 0 Å². The Labute approximate surface area is 445 Å². The number of hydrogen-bond acceptors (Lipinski definition) is 10. The van der Waals surface area contributed by atoms with E-state index in [4.69, 9.17) is 14.2 Å². The van der Waals surface area contributed by atoms with E-state index in [2.05, 4.69) is 79.9 Å². The van der Waals surface area contributed by atoms with Crippen LogP contribution in [0.15, 0.2) is 72.9 Å². The fraction of sp³-hybridized carbons (Fsp3) is 0.774. The van der Waals surface area contributed by atoms with E-state index < -0.39 is 49.5 Å². The molecule has 1 aliphatic rings. The van der Waals surface area contributed by atoms with Gasteiger partial charge in [0.2, 0.25) is 5.91 Å². The number of carbonyl (C=O) groups excluding carboxylic acids is 2. The van der Waals surface area contributed by atoms with Gasteiger partial charge in [0.15, 0.2) is 6.29 Å². The van der Waals surface area contributed by atoms with Gasteiger partial charge >= 0.3 is 5.97 Å². The molecule has 6 N–H and O–H groups in total. The van der Waals surface area contributed by atoms with Crippen LogP contribution in [0, 0.1) is 0 Å². The third-order valence-electron chi connectivity index (χ3n) is 13.5. The van der Waals surface area contributed by atoms with Gasteiger partial charge in [-0.1, -0.05) is 189 Å². The van der Waals surface area contributed by atoms with Gasteiger partial charge in [0.1, 0.15) is 24.4 Å². The van der Waals surface area contributed by atoms with Crippen LogP contribution in [0.4, 0.5) is 0 Å². The largest absolute Gasteiger partial charge is 0.466 e. The molecule has 7 unspecified atom stereocenters. The van der Waals surface area contributed by atoms with Crippen LogP contribution in [0.25, 0.3) is 0 Å². The lowest BCUT2D eigenvalue weighted by molar-refractivity contribution is -0.302. The molecule has 1 amide bonds. The number of aliphatic hydroxyl groups excluding tert-OH is 5. The number of hydrogen-bond donors (Lipinski definition) is 6. The molecular weight excluding hydrogens is 919 g/mol. The van der Waals surface area contributed by atoms with Gasteiger partial charge in [-0.05, 0) is 116 Å². The first-order valence-corrected chi connectivity index (χ1v) is 29.7. The number of ether oxygens (including phenoxy) is 3. The smallest absolute Gasteiger partial charge is 0.305 e. The fourth-order valence-corrected chi connectivity index (χ4v) is 8.74. The van der Waals surface area contributed by atoms with Crippen molar-refractivity contribution in [3.05, 3.63) is 72.9 Å². The van der Waals surface area contributed by atoms with Crippen molar-refractivity contribution in [3.8, 4) is 0 Å². The first-order chi connectivity index (χ1) is 35.7. The molecule has 0 spiro atoms. The lowest BCUT2D eigenvalue weighted by Crippen LogP contribution is -2.60. The molecule has 0 saturated carbocycles. The summed E-state index contributed by atoms with van der Waals surface area (Å²) in [6.45, 7) is 4.18. The van der Waals surface area contributed by atoms with Crippen molar-refractivity contribution >= 4 is 11.9 Å². The summed E-state index contributed by atoms with van der Waals surface area (Å²) >= 11 is 0. The highest BCUT2D eigenvalue weighted by Crippen LogP contribution is 2.23. The summed E-state index contributed by atoms with van der Waals surface area (Å²) in [6, 6.07) is -0.840. The van der Waals surface area contributed by atoms with Crippen LogP contribution in [-0.4, -0.2) is 100 Å². The summed E-state index contributed by atoms with van der Waals surface area (Å²) in [5.41, 5.74) is 0. The van der Waals surface area contributed by atoms with Gasteiger partial charge < -0.3 is 45.1 Å². The zero-order chi connectivity index (χ0) is 53.1. The first-order valence-electron chi connectivity index (χ1n) is 29.7. The number of amides is 1. The van der Waals surface area contributed by atoms with E-state index in [0.29, 0.717) is 19.4 Å². The molecule has 0 aromatic heterocycles. The minimum atomic E-state index is -1.58. The molecule has 7 atom stereocenters. The summed E-state index contributed by atoms with van der Waals surface area (Å²) in [4.78, 5) is 25.1. The average molecular weight is 1030 g/mol. The number of allylic oxidation sites excluding steroid dienone is 11. The minimum Gasteiger partial charge on any atom is -0.466 e. The normalized spacial score (nSPS) is 19.5. The Balaban J connectivity index is 2.06. The number of esters is 1. The number of rotatable bonds is 50. The van der Waals surface area contributed by atoms with Crippen LogP contribution in [-0.2, 0) is 23.8 Å². The minimum absolute atomic E-state index is 0.0381. The van der Waals surface area contributed by atoms with Gasteiger partial charge in [0, 0.05) is 12.8 Å². The SMILES string of the molecule is CCCCC/C=C\C/C=C\CCCCCCCCCCCC(=O)OCCCCC/C=C\C/C=C\CCCCCCCCCC(=O)NC(COC1OC(CO)C(O)C(O)C1O)C(O)/C=C/CC/C=C/CCCCC. The Morgan fingerprint density at radius 3 is 1.44 bits per heavy atom. The highest BCUT2D eigenvalue weighted by Gasteiger charge is 2.44. The molecule has 0 bridgehead atoms. The van der Waals surface area contributed by atoms with Gasteiger partial charge in [-0.3, -0.25) is 9.59 Å². The fourth-order valence-electron chi connectivity index (χ4n) is 8.74. The number of carbonyl (C=O) groups is 2. The van der Waals surface area contributed by atoms with Crippen molar-refractivity contribution in [1.82, 2.24) is 5.32 Å². The number of aliphatic hydroxyl groups is 5. The van der Waals surface area contributed by atoms with Crippen LogP contribution >= 0.6 is 0 Å². The zero-order valence-electron chi connectivity index (χ0n) is 46.3. The summed E-state index contributed by atoms with van der Waals surface area (Å²) in [5.74, 6) is -0.251. The van der Waals surface area contributed by atoms with Crippen molar-refractivity contribution in [2.75, 3.05) is 19.8 Å². The predicted octanol–water partition coefficient (Wildman–Crippen LogP) is 13.6. The van der Waals surface area contributed by atoms with Gasteiger partial charge in [0.05, 0.1) is 32.0 Å². The van der Waals surface area contributed by atoms with Crippen molar-refractivity contribution in [3.63, 3.8) is 0 Å². The average Bonchev–Trinajstić information content (AvgIpc) is 3.39. The third-order valence-corrected chi connectivity index (χ3v) is 13.5. The number of unbranched alkanes of at least 4 members (excludes halogenated alkanes) is 26. The Morgan fingerprint density at radius 2 is 0.932 bits per heavy atom. The number of nitrogens with one attached hydrogen (secondary N) is 1. The highest BCUT2D eigenvalue weighted by atomic mass is 16.7. The Morgan fingerprint density at radius 1 is 0.507 bits per heavy atom. The van der Waals surface area contributed by atoms with Crippen LogP contribution in [0.1, 0.15) is 245 Å². The molecule has 1 aliphatic heterocycles. The van der Waals surface area contributed by atoms with Gasteiger partial charge in [0.25, 0.3) is 0 Å². The molecule has 73 heavy (non-hydrogen) atoms. The molecule has 0 aliphatic carbocycles. The van der Waals surface area contributed by atoms with E-state index in [1.165, 1.54) is 116 Å². The predicted molar refractivity (Wildman–Crippen MR) is 301 cm³/mol. The van der Waals surface area contributed by atoms with Crippen molar-refractivity contribution < 1.29 is 49.3 Å². The first kappa shape index (κ1) is 68.1. The summed E-state index contributed by atoms with van der Waals surface area (Å²) in [7, 11) is 0. The summed E-state index contributed by atoms with van der Waals surface area (Å²) < 4.78 is 16.6. The molecule has 1 saturated heterocycles. The molecule has 422 valence electrons. The van der Waals surface area contributed by atoms with Crippen molar-refractivity contribution in [1.29, 1.82) is 0 Å². The highest BCUT2D eigenvalue weighted by molar-refractivity contribution is 5.76. The van der Waals surface area contributed by atoms with Crippen LogP contribution < -0.4 is 5.32 Å². The Bertz CT molecular complexity index is 1440. The molecule has 1 heterocycles. The lowest BCUT2D eigenvalue weighted by atomic mass is 9.99. The summed E-state index contributed by atoms with van der Waals surface area (Å²) in [5, 5.41) is 54.1. The monoisotopic (exact) mass is 1030 g/mol. The molecular formula is C62H109NO10. The Hall–Kier alpha value is -2.90. The maximum atomic E-state index is 13.0. The molecule has 1 rings (SSSR count). The van der Waals surface area contributed by atoms with Crippen LogP contribution in [0.5, 0.6) is 0 Å². The van der Waals surface area contributed by atoms with Gasteiger partial charge in [-0.25, -0.2) is 0 Å². The standard InChI is InChI=1S/C62H109NO10/c1-3-5-7-9-11-13-14-15-16-17-18-21-24-27-30-34-38-42-46-50-58(67)71-51-47-43-39-35-31-28-25-22-19-20-23-26-29-33-37-41-45-49-57(66)63-54(55(65)48-44-40-36-32-12-10-8-6-4-2)53-72-62-61(70)60(69)59(68)56(52-64)73-62/h11-13,15-16,19,22,28,31-32,44,48,54-56,59-62,64-65,68-70H,3-10,14,17-18,20-21,23-27,29-30,33-43,45-47,49-53H2,1-2H3,(H,63,66)/b13-11-,16-15-,22-19-,31-28-,32-12+,48-44+. The van der Waals surface area contributed by atoms with E-state index in [-0.39, 0.29) is 18.5 Å². The summed E-state index contributed by atoms with van der Waals surface area (Å²) in [6.07, 6.45) is 57.3. The molecule has 11 nitrogen and oxygen atoms in total. The van der Waals surface area contributed by atoms with E-state index in [1.54, 1.807) is 6.08 Å². The molecule has 0 aromatic carbocycles. The molecule has 0 aromatic rings. The quantitative estimate of drug-likeness (QED) is 0.0195. The third kappa shape index (κ3) is 41.0. The van der Waals surface area contributed by atoms with Gasteiger partial charge in [-0.2, -0.15) is 0 Å². The second-order valence-corrected chi connectivity index (χ2v) is 20.3. The van der Waals surface area contributed by atoms with E-state index in [9.17, 15) is 35.1 Å². The molecule has 11 heteroatoms. The molecule has 0 radical (unpaired) electrons. The lowest BCUT2D eigenvalue weighted by Gasteiger charge is -2.40. The van der Waals surface area contributed by atoms with E-state index >= 15 is 0 Å². The molecule has 1 fully saturated rings.